The Morgan fingerprint density at radius 2 is 1.49 bits per heavy atom. The average molecular weight is 676 g/mol. The molecule has 4 aromatic rings. The van der Waals surface area contributed by atoms with Crippen LogP contribution in [0.4, 0.5) is 11.4 Å². The number of imide groups is 1. The number of benzene rings is 3. The summed E-state index contributed by atoms with van der Waals surface area (Å²) >= 11 is 14.2. The van der Waals surface area contributed by atoms with Gasteiger partial charge in [-0.05, 0) is 66.2 Å². The van der Waals surface area contributed by atoms with E-state index in [1.54, 1.807) is 48.5 Å². The fourth-order valence-corrected chi connectivity index (χ4v) is 8.74. The van der Waals surface area contributed by atoms with Crippen LogP contribution >= 0.6 is 46.3 Å². The van der Waals surface area contributed by atoms with E-state index in [4.69, 9.17) is 28.3 Å². The summed E-state index contributed by atoms with van der Waals surface area (Å²) in [7, 11) is -3.90. The van der Waals surface area contributed by atoms with Crippen LogP contribution in [0.1, 0.15) is 16.4 Å². The Morgan fingerprint density at radius 1 is 0.884 bits per heavy atom. The maximum absolute atomic E-state index is 13.9. The molecule has 3 aromatic carbocycles. The number of nitrogens with one attached hydrogen (secondary N) is 1. The van der Waals surface area contributed by atoms with E-state index in [0.29, 0.717) is 36.9 Å². The first-order valence-corrected chi connectivity index (χ1v) is 16.6. The lowest BCUT2D eigenvalue weighted by Gasteiger charge is -2.30. The number of anilines is 2. The zero-order chi connectivity index (χ0) is 30.6. The summed E-state index contributed by atoms with van der Waals surface area (Å²) in [5, 5.41) is 8.29. The zero-order valence-corrected chi connectivity index (χ0v) is 25.7. The molecule has 0 radical (unpaired) electrons. The zero-order valence-electron chi connectivity index (χ0n) is 21.8. The van der Waals surface area contributed by atoms with E-state index in [9.17, 15) is 27.6 Å². The molecule has 0 bridgehead atoms. The molecule has 6 rings (SSSR count). The number of thiazole rings is 1. The first-order chi connectivity index (χ1) is 20.4. The molecule has 15 heteroatoms. The van der Waals surface area contributed by atoms with Gasteiger partial charge >= 0.3 is 4.87 Å². The average Bonchev–Trinajstić information content (AvgIpc) is 3.40. The predicted molar refractivity (Wildman–Crippen MR) is 165 cm³/mol. The first kappa shape index (κ1) is 29.6. The molecule has 1 saturated heterocycles. The molecule has 0 aliphatic carbocycles. The Hall–Kier alpha value is -3.46. The van der Waals surface area contributed by atoms with E-state index < -0.39 is 49.7 Å². The summed E-state index contributed by atoms with van der Waals surface area (Å²) in [5.41, 5.74) is 1.39. The second-order valence-electron chi connectivity index (χ2n) is 9.82. The van der Waals surface area contributed by atoms with E-state index >= 15 is 0 Å². The number of hydrogen-bond donors (Lipinski definition) is 2. The molecule has 2 aliphatic rings. The monoisotopic (exact) mass is 674 g/mol. The molecule has 2 aliphatic heterocycles. The number of nitrogens with zero attached hydrogens (tertiary/aromatic N) is 2. The number of carbonyl (C=O) groups is 3. The van der Waals surface area contributed by atoms with Gasteiger partial charge in [0.15, 0.2) is 0 Å². The van der Waals surface area contributed by atoms with Gasteiger partial charge in [-0.25, -0.2) is 18.5 Å². The van der Waals surface area contributed by atoms with Crippen molar-refractivity contribution in [3.8, 4) is 0 Å². The third-order valence-corrected chi connectivity index (χ3v) is 11.2. The number of thioether (sulfide) groups is 1. The molecule has 0 saturated carbocycles. The number of primary sulfonamides is 1. The van der Waals surface area contributed by atoms with Gasteiger partial charge in [-0.15, -0.1) is 0 Å². The number of amides is 3. The maximum atomic E-state index is 13.9. The number of hydrogen-bond acceptors (Lipinski definition) is 8. The van der Waals surface area contributed by atoms with Crippen LogP contribution in [0, 0.1) is 5.92 Å². The Labute approximate surface area is 263 Å². The maximum Gasteiger partial charge on any atom is 0.308 e. The van der Waals surface area contributed by atoms with Gasteiger partial charge in [0.25, 0.3) is 0 Å². The molecule has 3 heterocycles. The minimum Gasteiger partial charge on any atom is -0.325 e. The summed E-state index contributed by atoms with van der Waals surface area (Å²) in [6.45, 7) is -0.373. The fraction of sp³-hybridized carbons (Fsp3) is 0.143. The Kier molecular flexibility index (Phi) is 7.73. The number of halogens is 2. The van der Waals surface area contributed by atoms with Crippen LogP contribution in [-0.2, 0) is 31.0 Å². The number of fused-ring (bicyclic) bond motifs is 2. The second-order valence-corrected chi connectivity index (χ2v) is 14.4. The number of carbonyl (C=O) groups excluding carboxylic acids is 3. The molecule has 220 valence electrons. The van der Waals surface area contributed by atoms with Crippen molar-refractivity contribution in [3.63, 3.8) is 0 Å². The molecular formula is C28H20Cl2N4O6S3. The SMILES string of the molecule is NS(=O)(=O)c1ccc(NC(=O)Cn2c3c(sc2=O)[C@@H](c2ccc(Cl)cc2)C2C(=O)N(c4ccc(Cl)cc4)C(=O)C2S3)cc1. The minimum absolute atomic E-state index is 0.115. The standard InChI is InChI=1S/C28H20Cl2N4O6S3/c29-15-3-1-14(2-4-15)21-22-23(26(37)34(25(22)36)18-9-5-16(30)6-10-18)41-27-24(21)42-28(38)33(27)13-20(35)32-17-7-11-19(12-8-17)43(31,39)40/h1-12,21-23H,13H2,(H,32,35)(H2,31,39,40)/t21-,22?,23?/m0/s1. The van der Waals surface area contributed by atoms with Crippen molar-refractivity contribution in [1.29, 1.82) is 0 Å². The van der Waals surface area contributed by atoms with Crippen molar-refractivity contribution in [3.05, 3.63) is 103 Å². The Morgan fingerprint density at radius 3 is 2.09 bits per heavy atom. The highest BCUT2D eigenvalue weighted by molar-refractivity contribution is 8.00. The van der Waals surface area contributed by atoms with Crippen LogP contribution in [0.3, 0.4) is 0 Å². The lowest BCUT2D eigenvalue weighted by atomic mass is 9.83. The lowest BCUT2D eigenvalue weighted by Crippen LogP contribution is -2.33. The highest BCUT2D eigenvalue weighted by atomic mass is 35.5. The molecule has 3 N–H and O–H groups in total. The molecule has 3 amide bonds. The number of aromatic nitrogens is 1. The summed E-state index contributed by atoms with van der Waals surface area (Å²) in [6.07, 6.45) is 0. The second kappa shape index (κ2) is 11.2. The van der Waals surface area contributed by atoms with Crippen LogP contribution in [0.25, 0.3) is 0 Å². The summed E-state index contributed by atoms with van der Waals surface area (Å²) in [4.78, 5) is 55.2. The molecule has 1 fully saturated rings. The van der Waals surface area contributed by atoms with E-state index in [1.165, 1.54) is 28.8 Å². The first-order valence-electron chi connectivity index (χ1n) is 12.6. The van der Waals surface area contributed by atoms with Gasteiger partial charge in [0.05, 0.1) is 21.5 Å². The van der Waals surface area contributed by atoms with E-state index in [2.05, 4.69) is 5.32 Å². The molecule has 10 nitrogen and oxygen atoms in total. The van der Waals surface area contributed by atoms with Gasteiger partial charge in [-0.1, -0.05) is 58.4 Å². The molecule has 1 aromatic heterocycles. The summed E-state index contributed by atoms with van der Waals surface area (Å²) in [6, 6.07) is 18.6. The fourth-order valence-electron chi connectivity index (χ4n) is 5.20. The minimum atomic E-state index is -3.90. The molecule has 2 unspecified atom stereocenters. The number of sulfonamides is 1. The van der Waals surface area contributed by atoms with Gasteiger partial charge in [-0.2, -0.15) is 0 Å². The molecule has 43 heavy (non-hydrogen) atoms. The van der Waals surface area contributed by atoms with Crippen molar-refractivity contribution in [2.24, 2.45) is 11.1 Å². The van der Waals surface area contributed by atoms with Crippen LogP contribution in [0.15, 0.2) is 87.5 Å². The van der Waals surface area contributed by atoms with Crippen molar-refractivity contribution < 1.29 is 22.8 Å². The molecular weight excluding hydrogens is 655 g/mol. The van der Waals surface area contributed by atoms with Crippen molar-refractivity contribution in [2.75, 3.05) is 10.2 Å². The van der Waals surface area contributed by atoms with E-state index in [0.717, 1.165) is 28.0 Å². The van der Waals surface area contributed by atoms with Crippen molar-refractivity contribution in [2.45, 2.75) is 27.6 Å². The third kappa shape index (κ3) is 5.52. The predicted octanol–water partition coefficient (Wildman–Crippen LogP) is 4.30. The van der Waals surface area contributed by atoms with Gasteiger partial charge < -0.3 is 5.32 Å². The lowest BCUT2D eigenvalue weighted by molar-refractivity contribution is -0.122. The summed E-state index contributed by atoms with van der Waals surface area (Å²) in [5.74, 6) is -2.83. The molecule has 0 spiro atoms. The van der Waals surface area contributed by atoms with Crippen LogP contribution in [0.2, 0.25) is 10.0 Å². The number of nitrogens with two attached hydrogens (primary N) is 1. The third-order valence-electron chi connectivity index (χ3n) is 7.13. The Bertz CT molecular complexity index is 1940. The van der Waals surface area contributed by atoms with Crippen molar-refractivity contribution in [1.82, 2.24) is 4.57 Å². The Balaban J connectivity index is 1.36. The topological polar surface area (TPSA) is 149 Å². The summed E-state index contributed by atoms with van der Waals surface area (Å²) < 4.78 is 24.3. The van der Waals surface area contributed by atoms with Gasteiger partial charge in [0, 0.05) is 26.5 Å². The smallest absolute Gasteiger partial charge is 0.308 e. The quantitative estimate of drug-likeness (QED) is 0.290. The van der Waals surface area contributed by atoms with E-state index in [-0.39, 0.29) is 11.4 Å². The van der Waals surface area contributed by atoms with Crippen LogP contribution < -0.4 is 20.2 Å². The number of rotatable bonds is 6. The molecule has 3 atom stereocenters. The van der Waals surface area contributed by atoms with Gasteiger partial charge in [-0.3, -0.25) is 23.7 Å². The van der Waals surface area contributed by atoms with Gasteiger partial charge in [0.1, 0.15) is 11.8 Å². The van der Waals surface area contributed by atoms with Crippen LogP contribution in [-0.4, -0.2) is 36.0 Å². The highest BCUT2D eigenvalue weighted by Crippen LogP contribution is 2.54. The van der Waals surface area contributed by atoms with Crippen molar-refractivity contribution >= 4 is 85.4 Å². The van der Waals surface area contributed by atoms with Crippen LogP contribution in [0.5, 0.6) is 0 Å². The van der Waals surface area contributed by atoms with Gasteiger partial charge in [0.2, 0.25) is 27.7 Å². The van der Waals surface area contributed by atoms with E-state index in [1.807, 2.05) is 0 Å². The highest BCUT2D eigenvalue weighted by Gasteiger charge is 2.56. The largest absolute Gasteiger partial charge is 0.325 e. The normalized spacial score (nSPS) is 19.7.